The summed E-state index contributed by atoms with van der Waals surface area (Å²) >= 11 is 0. The third kappa shape index (κ3) is 4.80. The zero-order valence-electron chi connectivity index (χ0n) is 17.4. The van der Waals surface area contributed by atoms with Crippen molar-refractivity contribution < 1.29 is 4.79 Å². The highest BCUT2D eigenvalue weighted by Crippen LogP contribution is 2.27. The number of hydrogen-bond acceptors (Lipinski definition) is 3. The highest BCUT2D eigenvalue weighted by molar-refractivity contribution is 5.99. The maximum absolute atomic E-state index is 13.5. The Balaban J connectivity index is 1.39. The van der Waals surface area contributed by atoms with Gasteiger partial charge in [-0.25, -0.2) is 4.79 Å². The molecule has 2 amide bonds. The Hall–Kier alpha value is -2.37. The minimum absolute atomic E-state index is 0.0695. The Morgan fingerprint density at radius 3 is 1.97 bits per heavy atom. The number of amides is 2. The van der Waals surface area contributed by atoms with E-state index in [-0.39, 0.29) is 6.03 Å². The molecule has 4 rings (SSSR count). The van der Waals surface area contributed by atoms with Crippen molar-refractivity contribution in [3.05, 3.63) is 60.7 Å². The lowest BCUT2D eigenvalue weighted by Gasteiger charge is -2.38. The van der Waals surface area contributed by atoms with Crippen molar-refractivity contribution in [1.29, 1.82) is 0 Å². The number of likely N-dealkylation sites (tertiary alicyclic amines) is 1. The summed E-state index contributed by atoms with van der Waals surface area (Å²) in [7, 11) is 0. The number of hydrogen-bond donors (Lipinski definition) is 0. The van der Waals surface area contributed by atoms with Crippen LogP contribution in [0, 0.1) is 5.92 Å². The zero-order valence-corrected chi connectivity index (χ0v) is 17.4. The molecule has 0 N–H and O–H groups in total. The number of carbonyl (C=O) groups excluding carboxylic acids is 1. The summed E-state index contributed by atoms with van der Waals surface area (Å²) < 4.78 is 0. The number of anilines is 2. The van der Waals surface area contributed by atoms with Gasteiger partial charge >= 0.3 is 6.03 Å². The molecule has 2 heterocycles. The standard InChI is InChI=1S/C24H32N4O/c1-2-25-14-13-21(19-25)20-26-15-17-27(18-16-26)24(29)28(22-9-5-3-6-10-22)23-11-7-4-8-12-23/h3-12,21H,2,13-20H2,1H3/t21-/m0/s1. The van der Waals surface area contributed by atoms with Gasteiger partial charge in [0.05, 0.1) is 11.4 Å². The summed E-state index contributed by atoms with van der Waals surface area (Å²) in [6.45, 7) is 10.6. The van der Waals surface area contributed by atoms with E-state index in [1.54, 1.807) is 0 Å². The van der Waals surface area contributed by atoms with E-state index < -0.39 is 0 Å². The van der Waals surface area contributed by atoms with Gasteiger partial charge in [0, 0.05) is 39.3 Å². The molecule has 0 unspecified atom stereocenters. The van der Waals surface area contributed by atoms with Crippen LogP contribution in [0.1, 0.15) is 13.3 Å². The van der Waals surface area contributed by atoms with E-state index >= 15 is 0 Å². The second-order valence-electron chi connectivity index (χ2n) is 8.12. The fraction of sp³-hybridized carbons (Fsp3) is 0.458. The summed E-state index contributed by atoms with van der Waals surface area (Å²) in [5.41, 5.74) is 1.83. The van der Waals surface area contributed by atoms with Crippen LogP contribution in [0.25, 0.3) is 0 Å². The second-order valence-corrected chi connectivity index (χ2v) is 8.12. The summed E-state index contributed by atoms with van der Waals surface area (Å²) in [5, 5.41) is 0. The van der Waals surface area contributed by atoms with Gasteiger partial charge in [0.2, 0.25) is 0 Å². The summed E-state index contributed by atoms with van der Waals surface area (Å²) in [5.74, 6) is 0.780. The van der Waals surface area contributed by atoms with E-state index in [2.05, 4.69) is 16.7 Å². The number of carbonyl (C=O) groups is 1. The van der Waals surface area contributed by atoms with Crippen LogP contribution in [-0.2, 0) is 0 Å². The molecule has 154 valence electrons. The van der Waals surface area contributed by atoms with E-state index in [1.807, 2.05) is 70.5 Å². The molecule has 2 aliphatic rings. The highest BCUT2D eigenvalue weighted by Gasteiger charge is 2.29. The Morgan fingerprint density at radius 2 is 1.45 bits per heavy atom. The molecule has 29 heavy (non-hydrogen) atoms. The molecule has 2 aromatic carbocycles. The first-order chi connectivity index (χ1) is 14.2. The van der Waals surface area contributed by atoms with E-state index in [1.165, 1.54) is 26.1 Å². The van der Waals surface area contributed by atoms with Crippen LogP contribution >= 0.6 is 0 Å². The molecule has 0 radical (unpaired) electrons. The average molecular weight is 393 g/mol. The van der Waals surface area contributed by atoms with Gasteiger partial charge in [0.25, 0.3) is 0 Å². The first kappa shape index (κ1) is 19.9. The Bertz CT molecular complexity index is 734. The minimum atomic E-state index is 0.0695. The van der Waals surface area contributed by atoms with Crippen molar-refractivity contribution in [3.8, 4) is 0 Å². The molecule has 0 spiro atoms. The van der Waals surface area contributed by atoms with Crippen molar-refractivity contribution >= 4 is 17.4 Å². The lowest BCUT2D eigenvalue weighted by atomic mass is 10.1. The normalized spacial score (nSPS) is 20.7. The number of piperazine rings is 1. The van der Waals surface area contributed by atoms with E-state index in [0.29, 0.717) is 0 Å². The van der Waals surface area contributed by atoms with Crippen LogP contribution in [0.5, 0.6) is 0 Å². The molecule has 2 saturated heterocycles. The third-order valence-corrected chi connectivity index (χ3v) is 6.20. The SMILES string of the molecule is CCN1CC[C@H](CN2CCN(C(=O)N(c3ccccc3)c3ccccc3)CC2)C1. The number of urea groups is 1. The molecule has 2 aromatic rings. The van der Waals surface area contributed by atoms with Crippen LogP contribution in [0.3, 0.4) is 0 Å². The first-order valence-corrected chi connectivity index (χ1v) is 10.9. The van der Waals surface area contributed by atoms with Crippen LogP contribution in [0.4, 0.5) is 16.2 Å². The van der Waals surface area contributed by atoms with Crippen LogP contribution in [0.2, 0.25) is 0 Å². The summed E-state index contributed by atoms with van der Waals surface area (Å²) in [6, 6.07) is 20.0. The van der Waals surface area contributed by atoms with Gasteiger partial charge in [-0.15, -0.1) is 0 Å². The third-order valence-electron chi connectivity index (χ3n) is 6.20. The number of benzene rings is 2. The van der Waals surface area contributed by atoms with E-state index in [9.17, 15) is 4.79 Å². The predicted octanol–water partition coefficient (Wildman–Crippen LogP) is 3.90. The minimum Gasteiger partial charge on any atom is -0.321 e. The Morgan fingerprint density at radius 1 is 0.862 bits per heavy atom. The predicted molar refractivity (Wildman–Crippen MR) is 119 cm³/mol. The van der Waals surface area contributed by atoms with Crippen molar-refractivity contribution in [3.63, 3.8) is 0 Å². The number of rotatable bonds is 5. The lowest BCUT2D eigenvalue weighted by Crippen LogP contribution is -2.52. The average Bonchev–Trinajstić information content (AvgIpc) is 3.23. The van der Waals surface area contributed by atoms with Crippen LogP contribution < -0.4 is 4.90 Å². The Kier molecular flexibility index (Phi) is 6.47. The van der Waals surface area contributed by atoms with Crippen molar-refractivity contribution in [2.75, 3.05) is 57.3 Å². The molecule has 5 heteroatoms. The van der Waals surface area contributed by atoms with Crippen molar-refractivity contribution in [1.82, 2.24) is 14.7 Å². The summed E-state index contributed by atoms with van der Waals surface area (Å²) in [6.07, 6.45) is 1.31. The van der Waals surface area contributed by atoms with Crippen molar-refractivity contribution in [2.45, 2.75) is 13.3 Å². The van der Waals surface area contributed by atoms with Crippen molar-refractivity contribution in [2.24, 2.45) is 5.92 Å². The lowest BCUT2D eigenvalue weighted by molar-refractivity contribution is 0.132. The monoisotopic (exact) mass is 392 g/mol. The highest BCUT2D eigenvalue weighted by atomic mass is 16.2. The van der Waals surface area contributed by atoms with E-state index in [4.69, 9.17) is 0 Å². The van der Waals surface area contributed by atoms with Gasteiger partial charge in [0.15, 0.2) is 0 Å². The first-order valence-electron chi connectivity index (χ1n) is 10.9. The molecule has 0 saturated carbocycles. The number of para-hydroxylation sites is 2. The molecule has 0 bridgehead atoms. The molecular weight excluding hydrogens is 360 g/mol. The molecular formula is C24H32N4O. The van der Waals surface area contributed by atoms with Gasteiger partial charge in [-0.05, 0) is 49.7 Å². The molecule has 0 aliphatic carbocycles. The Labute approximate surface area is 174 Å². The fourth-order valence-corrected chi connectivity index (χ4v) is 4.50. The topological polar surface area (TPSA) is 30.0 Å². The largest absolute Gasteiger partial charge is 0.329 e. The smallest absolute Gasteiger partial charge is 0.321 e. The molecule has 1 atom stereocenters. The van der Waals surface area contributed by atoms with Gasteiger partial charge in [-0.3, -0.25) is 9.80 Å². The van der Waals surface area contributed by atoms with Crippen LogP contribution in [0.15, 0.2) is 60.7 Å². The zero-order chi connectivity index (χ0) is 20.1. The molecule has 2 fully saturated rings. The second kappa shape index (κ2) is 9.42. The molecule has 5 nitrogen and oxygen atoms in total. The molecule has 0 aromatic heterocycles. The van der Waals surface area contributed by atoms with E-state index in [0.717, 1.165) is 50.0 Å². The van der Waals surface area contributed by atoms with Gasteiger partial charge in [0.1, 0.15) is 0 Å². The summed E-state index contributed by atoms with van der Waals surface area (Å²) in [4.78, 5) is 22.4. The van der Waals surface area contributed by atoms with Gasteiger partial charge < -0.3 is 9.80 Å². The maximum atomic E-state index is 13.5. The fourth-order valence-electron chi connectivity index (χ4n) is 4.50. The molecule has 2 aliphatic heterocycles. The van der Waals surface area contributed by atoms with Crippen LogP contribution in [-0.4, -0.2) is 73.1 Å². The maximum Gasteiger partial charge on any atom is 0.329 e. The van der Waals surface area contributed by atoms with Gasteiger partial charge in [-0.1, -0.05) is 43.3 Å². The van der Waals surface area contributed by atoms with Gasteiger partial charge in [-0.2, -0.15) is 0 Å². The quantitative estimate of drug-likeness (QED) is 0.773. The number of nitrogens with zero attached hydrogens (tertiary/aromatic N) is 4.